The Labute approximate surface area is 135 Å². The van der Waals surface area contributed by atoms with Gasteiger partial charge in [-0.1, -0.05) is 17.7 Å². The molecule has 3 rings (SSSR count). The quantitative estimate of drug-likeness (QED) is 0.781. The topological polar surface area (TPSA) is 83.1 Å². The maximum atomic E-state index is 12.2. The molecule has 0 aliphatic heterocycles. The van der Waals surface area contributed by atoms with E-state index in [-0.39, 0.29) is 16.8 Å². The number of halogens is 1. The molecule has 112 valence electrons. The minimum absolute atomic E-state index is 0.118. The molecule has 0 saturated carbocycles. The van der Waals surface area contributed by atoms with Crippen molar-refractivity contribution >= 4 is 34.2 Å². The van der Waals surface area contributed by atoms with Crippen LogP contribution in [0, 0.1) is 11.3 Å². The predicted octanol–water partition coefficient (Wildman–Crippen LogP) is 3.57. The molecule has 3 aromatic rings. The normalized spacial score (nSPS) is 10.3. The summed E-state index contributed by atoms with van der Waals surface area (Å²) in [7, 11) is 0. The Bertz CT molecular complexity index is 1020. The molecular weight excluding hydrogens is 316 g/mol. The van der Waals surface area contributed by atoms with Crippen LogP contribution in [0.15, 0.2) is 57.7 Å². The number of carbonyl (C=O) groups excluding carboxylic acids is 1. The summed E-state index contributed by atoms with van der Waals surface area (Å²) in [5.41, 5.74) is 0.771. The van der Waals surface area contributed by atoms with Crippen LogP contribution in [0.5, 0.6) is 0 Å². The van der Waals surface area contributed by atoms with Gasteiger partial charge in [-0.2, -0.15) is 5.26 Å². The van der Waals surface area contributed by atoms with E-state index < -0.39 is 5.91 Å². The van der Waals surface area contributed by atoms with Crippen molar-refractivity contribution in [2.75, 3.05) is 5.32 Å². The number of amides is 1. The van der Waals surface area contributed by atoms with E-state index in [0.29, 0.717) is 21.7 Å². The van der Waals surface area contributed by atoms with E-state index in [2.05, 4.69) is 5.32 Å². The van der Waals surface area contributed by atoms with Crippen LogP contribution in [-0.2, 0) is 0 Å². The molecule has 0 fully saturated rings. The van der Waals surface area contributed by atoms with E-state index in [4.69, 9.17) is 21.3 Å². The molecular formula is C17H9ClN2O3. The van der Waals surface area contributed by atoms with Crippen molar-refractivity contribution in [1.29, 1.82) is 5.26 Å². The Hall–Kier alpha value is -3.10. The number of nitriles is 1. The number of fused-ring (bicyclic) bond motifs is 1. The number of nitrogens with one attached hydrogen (secondary N) is 1. The minimum atomic E-state index is -0.575. The molecule has 0 saturated heterocycles. The summed E-state index contributed by atoms with van der Waals surface area (Å²) in [4.78, 5) is 24.3. The fourth-order valence-electron chi connectivity index (χ4n) is 2.10. The van der Waals surface area contributed by atoms with Gasteiger partial charge in [-0.05, 0) is 36.4 Å². The molecule has 6 heteroatoms. The van der Waals surface area contributed by atoms with Gasteiger partial charge >= 0.3 is 0 Å². The molecule has 0 spiro atoms. The minimum Gasteiger partial charge on any atom is -0.451 e. The summed E-state index contributed by atoms with van der Waals surface area (Å²) in [5, 5.41) is 12.2. The second-order valence-electron chi connectivity index (χ2n) is 4.76. The molecule has 1 N–H and O–H groups in total. The monoisotopic (exact) mass is 324 g/mol. The predicted molar refractivity (Wildman–Crippen MR) is 86.6 cm³/mol. The van der Waals surface area contributed by atoms with Crippen molar-refractivity contribution in [3.63, 3.8) is 0 Å². The van der Waals surface area contributed by atoms with Gasteiger partial charge in [0.1, 0.15) is 5.58 Å². The Balaban J connectivity index is 1.96. The standard InChI is InChI=1S/C17H9ClN2O3/c18-11-4-5-15-13(7-11)14(21)8-16(23-15)17(22)20-12-3-1-2-10(6-12)9-19/h1-8H,(H,20,22). The molecule has 0 aliphatic rings. The first-order chi connectivity index (χ1) is 11.1. The third kappa shape index (κ3) is 3.07. The van der Waals surface area contributed by atoms with Gasteiger partial charge in [0, 0.05) is 16.8 Å². The van der Waals surface area contributed by atoms with Gasteiger partial charge in [-0.3, -0.25) is 9.59 Å². The van der Waals surface area contributed by atoms with E-state index in [9.17, 15) is 9.59 Å². The van der Waals surface area contributed by atoms with Crippen LogP contribution in [-0.4, -0.2) is 5.91 Å². The van der Waals surface area contributed by atoms with Crippen molar-refractivity contribution in [3.8, 4) is 6.07 Å². The first-order valence-corrected chi connectivity index (χ1v) is 6.99. The van der Waals surface area contributed by atoms with E-state index in [1.807, 2.05) is 6.07 Å². The summed E-state index contributed by atoms with van der Waals surface area (Å²) < 4.78 is 5.45. The highest BCUT2D eigenvalue weighted by atomic mass is 35.5. The molecule has 0 unspecified atom stereocenters. The van der Waals surface area contributed by atoms with Gasteiger partial charge < -0.3 is 9.73 Å². The molecule has 0 bridgehead atoms. The van der Waals surface area contributed by atoms with Crippen LogP contribution in [0.3, 0.4) is 0 Å². The van der Waals surface area contributed by atoms with Crippen LogP contribution in [0.25, 0.3) is 11.0 Å². The molecule has 1 aromatic heterocycles. The first-order valence-electron chi connectivity index (χ1n) is 6.62. The fourth-order valence-corrected chi connectivity index (χ4v) is 2.27. The highest BCUT2D eigenvalue weighted by molar-refractivity contribution is 6.31. The largest absolute Gasteiger partial charge is 0.451 e. The lowest BCUT2D eigenvalue weighted by molar-refractivity contribution is 0.0997. The average molecular weight is 325 g/mol. The molecule has 5 nitrogen and oxygen atoms in total. The summed E-state index contributed by atoms with van der Waals surface area (Å²) >= 11 is 5.84. The maximum Gasteiger partial charge on any atom is 0.291 e. The lowest BCUT2D eigenvalue weighted by atomic mass is 10.2. The van der Waals surface area contributed by atoms with Crippen LogP contribution in [0.1, 0.15) is 16.1 Å². The lowest BCUT2D eigenvalue weighted by Gasteiger charge is -2.06. The second-order valence-corrected chi connectivity index (χ2v) is 5.20. The molecule has 23 heavy (non-hydrogen) atoms. The van der Waals surface area contributed by atoms with Crippen molar-refractivity contribution in [2.24, 2.45) is 0 Å². The summed E-state index contributed by atoms with van der Waals surface area (Å²) in [5.74, 6) is -0.693. The molecule has 2 aromatic carbocycles. The third-order valence-electron chi connectivity index (χ3n) is 3.16. The molecule has 0 radical (unpaired) electrons. The van der Waals surface area contributed by atoms with Crippen molar-refractivity contribution in [2.45, 2.75) is 0 Å². The van der Waals surface area contributed by atoms with Crippen molar-refractivity contribution < 1.29 is 9.21 Å². The number of hydrogen-bond acceptors (Lipinski definition) is 4. The maximum absolute atomic E-state index is 12.2. The van der Waals surface area contributed by atoms with Gasteiger partial charge in [0.25, 0.3) is 5.91 Å². The number of hydrogen-bond donors (Lipinski definition) is 1. The Morgan fingerprint density at radius 3 is 2.78 bits per heavy atom. The van der Waals surface area contributed by atoms with E-state index in [1.54, 1.807) is 24.3 Å². The number of anilines is 1. The van der Waals surface area contributed by atoms with Gasteiger partial charge in [0.2, 0.25) is 0 Å². The fraction of sp³-hybridized carbons (Fsp3) is 0. The Morgan fingerprint density at radius 2 is 2.00 bits per heavy atom. The van der Waals surface area contributed by atoms with E-state index in [1.165, 1.54) is 18.2 Å². The average Bonchev–Trinajstić information content (AvgIpc) is 2.55. The number of nitrogens with zero attached hydrogens (tertiary/aromatic N) is 1. The SMILES string of the molecule is N#Cc1cccc(NC(=O)c2cc(=O)c3cc(Cl)ccc3o2)c1. The third-order valence-corrected chi connectivity index (χ3v) is 3.40. The summed E-state index contributed by atoms with van der Waals surface area (Å²) in [6, 6.07) is 14.1. The molecule has 0 aliphatic carbocycles. The van der Waals surface area contributed by atoms with Crippen LogP contribution < -0.4 is 10.7 Å². The van der Waals surface area contributed by atoms with Gasteiger partial charge in [-0.15, -0.1) is 0 Å². The molecule has 0 atom stereocenters. The van der Waals surface area contributed by atoms with Crippen molar-refractivity contribution in [3.05, 3.63) is 75.1 Å². The smallest absolute Gasteiger partial charge is 0.291 e. The zero-order chi connectivity index (χ0) is 16.4. The lowest BCUT2D eigenvalue weighted by Crippen LogP contribution is -2.15. The van der Waals surface area contributed by atoms with Crippen LogP contribution in [0.2, 0.25) is 5.02 Å². The van der Waals surface area contributed by atoms with Gasteiger partial charge in [-0.25, -0.2) is 0 Å². The number of benzene rings is 2. The Morgan fingerprint density at radius 1 is 1.17 bits per heavy atom. The molecule has 1 amide bonds. The van der Waals surface area contributed by atoms with Gasteiger partial charge in [0.15, 0.2) is 11.2 Å². The van der Waals surface area contributed by atoms with Crippen LogP contribution >= 0.6 is 11.6 Å². The zero-order valence-electron chi connectivity index (χ0n) is 11.7. The van der Waals surface area contributed by atoms with E-state index >= 15 is 0 Å². The summed E-state index contributed by atoms with van der Waals surface area (Å²) in [6.07, 6.45) is 0. The zero-order valence-corrected chi connectivity index (χ0v) is 12.4. The highest BCUT2D eigenvalue weighted by Crippen LogP contribution is 2.18. The van der Waals surface area contributed by atoms with Crippen LogP contribution in [0.4, 0.5) is 5.69 Å². The number of carbonyl (C=O) groups is 1. The second kappa shape index (κ2) is 5.95. The van der Waals surface area contributed by atoms with Crippen molar-refractivity contribution in [1.82, 2.24) is 0 Å². The first kappa shape index (κ1) is 14.8. The van der Waals surface area contributed by atoms with Gasteiger partial charge in [0.05, 0.1) is 17.0 Å². The highest BCUT2D eigenvalue weighted by Gasteiger charge is 2.13. The number of rotatable bonds is 2. The summed E-state index contributed by atoms with van der Waals surface area (Å²) in [6.45, 7) is 0. The molecule has 1 heterocycles. The van der Waals surface area contributed by atoms with E-state index in [0.717, 1.165) is 6.07 Å². The Kier molecular flexibility index (Phi) is 3.83.